The summed E-state index contributed by atoms with van der Waals surface area (Å²) in [5.41, 5.74) is 2.17. The van der Waals surface area contributed by atoms with E-state index in [0.717, 1.165) is 10.6 Å². The number of hydrogen-bond acceptors (Lipinski definition) is 7. The van der Waals surface area contributed by atoms with E-state index < -0.39 is 56.4 Å². The number of anilines is 1. The standard InChI is InChI=1S/C24H23F6N5O4S/c1-12-4-5-13(6-14(12)15-7-32-18-17(31)33-16(8-35(15)18)23(25,26)27)40(37,38)34-22-9-21(10-22,11-22)20(2,3)39-19(36)24(28,29)30/h4-8,34H,9-11H2,1-3H3,(H2,31,33). The van der Waals surface area contributed by atoms with E-state index >= 15 is 0 Å². The number of carbonyl (C=O) groups excluding carboxylic acids is 1. The van der Waals surface area contributed by atoms with Gasteiger partial charge in [-0.15, -0.1) is 0 Å². The number of rotatable bonds is 6. The van der Waals surface area contributed by atoms with Gasteiger partial charge in [0, 0.05) is 22.7 Å². The minimum Gasteiger partial charge on any atom is -0.452 e. The molecular weight excluding hydrogens is 568 g/mol. The fourth-order valence-corrected chi connectivity index (χ4v) is 7.09. The minimum absolute atomic E-state index is 0.0400. The number of alkyl halides is 6. The molecule has 3 fully saturated rings. The topological polar surface area (TPSA) is 129 Å². The van der Waals surface area contributed by atoms with E-state index in [9.17, 15) is 39.6 Å². The lowest BCUT2D eigenvalue weighted by molar-refractivity contribution is -0.272. The van der Waals surface area contributed by atoms with Gasteiger partial charge in [0.05, 0.1) is 16.8 Å². The average Bonchev–Trinajstić information content (AvgIpc) is 3.18. The Morgan fingerprint density at radius 1 is 1.12 bits per heavy atom. The number of ether oxygens (including phenoxy) is 1. The summed E-state index contributed by atoms with van der Waals surface area (Å²) < 4.78 is 113. The molecule has 3 saturated carbocycles. The monoisotopic (exact) mass is 591 g/mol. The van der Waals surface area contributed by atoms with Gasteiger partial charge in [0.25, 0.3) is 0 Å². The number of nitrogen functional groups attached to an aromatic ring is 1. The number of esters is 1. The number of imidazole rings is 1. The van der Waals surface area contributed by atoms with E-state index in [2.05, 4.69) is 14.7 Å². The van der Waals surface area contributed by atoms with Crippen LogP contribution in [0.3, 0.4) is 0 Å². The van der Waals surface area contributed by atoms with Gasteiger partial charge in [-0.2, -0.15) is 26.3 Å². The number of aromatic nitrogens is 3. The van der Waals surface area contributed by atoms with Gasteiger partial charge in [-0.1, -0.05) is 6.07 Å². The summed E-state index contributed by atoms with van der Waals surface area (Å²) in [7, 11) is -4.17. The Bertz CT molecular complexity index is 1640. The second-order valence-corrected chi connectivity index (χ2v) is 12.6. The summed E-state index contributed by atoms with van der Waals surface area (Å²) in [6.07, 6.45) is -7.47. The van der Waals surface area contributed by atoms with Crippen LogP contribution >= 0.6 is 0 Å². The second kappa shape index (κ2) is 8.31. The van der Waals surface area contributed by atoms with E-state index in [1.54, 1.807) is 6.92 Å². The van der Waals surface area contributed by atoms with Gasteiger partial charge in [-0.25, -0.2) is 27.9 Å². The molecule has 0 spiro atoms. The molecule has 1 aromatic carbocycles. The highest BCUT2D eigenvalue weighted by atomic mass is 32.2. The van der Waals surface area contributed by atoms with E-state index in [1.165, 1.54) is 38.2 Å². The molecule has 0 amide bonds. The maximum Gasteiger partial charge on any atom is 0.490 e. The van der Waals surface area contributed by atoms with E-state index in [-0.39, 0.29) is 41.1 Å². The SMILES string of the molecule is Cc1ccc(S(=O)(=O)NC23CC(C(C)(C)OC(=O)C(F)(F)F)(C2)C3)cc1-c1cnc2c(N)nc(C(F)(F)F)cn12. The Kier molecular flexibility index (Phi) is 5.85. The molecule has 0 saturated heterocycles. The number of nitrogens with two attached hydrogens (primary N) is 1. The molecule has 2 aromatic heterocycles. The van der Waals surface area contributed by atoms with Crippen molar-refractivity contribution in [2.45, 2.75) is 68.4 Å². The zero-order valence-electron chi connectivity index (χ0n) is 21.2. The zero-order valence-corrected chi connectivity index (χ0v) is 22.1. The summed E-state index contributed by atoms with van der Waals surface area (Å²) in [5, 5.41) is 0. The molecule has 6 rings (SSSR count). The molecule has 216 valence electrons. The van der Waals surface area contributed by atoms with Gasteiger partial charge >= 0.3 is 18.3 Å². The van der Waals surface area contributed by atoms with Crippen LogP contribution < -0.4 is 10.5 Å². The molecule has 3 N–H and O–H groups in total. The maximum atomic E-state index is 13.3. The summed E-state index contributed by atoms with van der Waals surface area (Å²) >= 11 is 0. The third kappa shape index (κ3) is 4.36. The molecule has 16 heteroatoms. The van der Waals surface area contributed by atoms with Crippen LogP contribution in [-0.4, -0.2) is 46.1 Å². The van der Waals surface area contributed by atoms with Gasteiger partial charge in [-0.3, -0.25) is 4.40 Å². The number of nitrogens with zero attached hydrogens (tertiary/aromatic N) is 3. The van der Waals surface area contributed by atoms with Crippen LogP contribution in [0.5, 0.6) is 0 Å². The largest absolute Gasteiger partial charge is 0.490 e. The predicted octanol–water partition coefficient (Wildman–Crippen LogP) is 4.39. The van der Waals surface area contributed by atoms with Crippen molar-refractivity contribution in [3.8, 4) is 11.3 Å². The molecule has 0 unspecified atom stereocenters. The molecule has 3 aliphatic carbocycles. The van der Waals surface area contributed by atoms with Crippen LogP contribution in [0.2, 0.25) is 0 Å². The number of fused-ring (bicyclic) bond motifs is 1. The summed E-state index contributed by atoms with van der Waals surface area (Å²) in [6.45, 7) is 4.37. The molecule has 9 nitrogen and oxygen atoms in total. The second-order valence-electron chi connectivity index (χ2n) is 10.9. The molecule has 3 aliphatic rings. The normalized spacial score (nSPS) is 23.0. The Morgan fingerprint density at radius 2 is 1.75 bits per heavy atom. The smallest absolute Gasteiger partial charge is 0.452 e. The number of aryl methyl sites for hydroxylation is 1. The molecule has 2 heterocycles. The summed E-state index contributed by atoms with van der Waals surface area (Å²) in [4.78, 5) is 18.6. The van der Waals surface area contributed by atoms with Gasteiger partial charge < -0.3 is 10.5 Å². The minimum atomic E-state index is -5.15. The van der Waals surface area contributed by atoms with Crippen LogP contribution in [0.1, 0.15) is 44.4 Å². The highest BCUT2D eigenvalue weighted by molar-refractivity contribution is 7.89. The summed E-state index contributed by atoms with van der Waals surface area (Å²) in [6, 6.07) is 4.11. The Labute approximate surface area is 223 Å². The van der Waals surface area contributed by atoms with Gasteiger partial charge in [0.15, 0.2) is 17.2 Å². The molecule has 0 radical (unpaired) electrons. The number of hydrogen-bond donors (Lipinski definition) is 2. The fraction of sp³-hybridized carbons (Fsp3) is 0.458. The lowest BCUT2D eigenvalue weighted by Crippen LogP contribution is -2.80. The number of sulfonamides is 1. The first-order valence-electron chi connectivity index (χ1n) is 11.8. The van der Waals surface area contributed by atoms with Crippen molar-refractivity contribution in [1.82, 2.24) is 19.1 Å². The first-order valence-corrected chi connectivity index (χ1v) is 13.3. The predicted molar refractivity (Wildman–Crippen MR) is 128 cm³/mol. The third-order valence-corrected chi connectivity index (χ3v) is 9.42. The van der Waals surface area contributed by atoms with Crippen molar-refractivity contribution >= 4 is 27.5 Å². The first kappa shape index (κ1) is 28.1. The third-order valence-electron chi connectivity index (χ3n) is 7.84. The van der Waals surface area contributed by atoms with Crippen molar-refractivity contribution in [3.05, 3.63) is 41.9 Å². The quantitative estimate of drug-likeness (QED) is 0.321. The van der Waals surface area contributed by atoms with Gasteiger partial charge in [-0.05, 0) is 57.7 Å². The highest BCUT2D eigenvalue weighted by Gasteiger charge is 2.75. The summed E-state index contributed by atoms with van der Waals surface area (Å²) in [5.74, 6) is -2.76. The Morgan fingerprint density at radius 3 is 2.33 bits per heavy atom. The van der Waals surface area contributed by atoms with Crippen LogP contribution in [0.4, 0.5) is 32.2 Å². The molecule has 0 atom stereocenters. The zero-order chi connectivity index (χ0) is 29.7. The van der Waals surface area contributed by atoms with Crippen LogP contribution in [-0.2, 0) is 25.7 Å². The van der Waals surface area contributed by atoms with Gasteiger partial charge in [0.2, 0.25) is 10.0 Å². The maximum absolute atomic E-state index is 13.3. The van der Waals surface area contributed by atoms with Crippen molar-refractivity contribution in [2.75, 3.05) is 5.73 Å². The lowest BCUT2D eigenvalue weighted by atomic mass is 9.35. The Hall–Kier alpha value is -3.40. The van der Waals surface area contributed by atoms with Crippen molar-refractivity contribution in [1.29, 1.82) is 0 Å². The number of nitrogens with one attached hydrogen (secondary N) is 1. The van der Waals surface area contributed by atoms with Crippen molar-refractivity contribution in [3.63, 3.8) is 0 Å². The molecule has 2 bridgehead atoms. The van der Waals surface area contributed by atoms with E-state index in [1.807, 2.05) is 0 Å². The Balaban J connectivity index is 1.40. The number of carbonyl (C=O) groups is 1. The number of benzene rings is 1. The number of halogens is 6. The lowest BCUT2D eigenvalue weighted by Gasteiger charge is -2.74. The van der Waals surface area contributed by atoms with Crippen LogP contribution in [0, 0.1) is 12.3 Å². The van der Waals surface area contributed by atoms with Crippen molar-refractivity contribution < 1.29 is 44.3 Å². The van der Waals surface area contributed by atoms with Crippen molar-refractivity contribution in [2.24, 2.45) is 5.41 Å². The average molecular weight is 592 g/mol. The van der Waals surface area contributed by atoms with E-state index in [0.29, 0.717) is 5.56 Å². The molecular formula is C24H23F6N5O4S. The fourth-order valence-electron chi connectivity index (χ4n) is 5.67. The highest BCUT2D eigenvalue weighted by Crippen LogP contribution is 2.72. The molecule has 40 heavy (non-hydrogen) atoms. The van der Waals surface area contributed by atoms with Crippen LogP contribution in [0.15, 0.2) is 35.5 Å². The first-order chi connectivity index (χ1) is 18.2. The van der Waals surface area contributed by atoms with E-state index in [4.69, 9.17) is 10.5 Å². The molecule has 3 aromatic rings. The van der Waals surface area contributed by atoms with Gasteiger partial charge in [0.1, 0.15) is 5.60 Å². The molecule has 0 aliphatic heterocycles. The van der Waals surface area contributed by atoms with Crippen LogP contribution in [0.25, 0.3) is 16.9 Å².